The Balaban J connectivity index is 1.46. The Bertz CT molecular complexity index is 1710. The summed E-state index contributed by atoms with van der Waals surface area (Å²) in [5, 5.41) is 24.0. The van der Waals surface area contributed by atoms with Crippen molar-refractivity contribution in [2.75, 3.05) is 26.6 Å². The number of aromatic nitrogens is 3. The van der Waals surface area contributed by atoms with Gasteiger partial charge in [-0.2, -0.15) is 0 Å². The monoisotopic (exact) mass is 681 g/mol. The van der Waals surface area contributed by atoms with Gasteiger partial charge < -0.3 is 43.9 Å². The van der Waals surface area contributed by atoms with Gasteiger partial charge in [0.25, 0.3) is 5.91 Å². The van der Waals surface area contributed by atoms with Crippen LogP contribution in [0.2, 0.25) is 25.7 Å². The molecule has 6 rings (SSSR count). The second-order valence-electron chi connectivity index (χ2n) is 15.4. The fourth-order valence-corrected chi connectivity index (χ4v) is 7.42. The fraction of sp³-hybridized carbons (Fsp3) is 0.588. The molecule has 1 unspecified atom stereocenters. The van der Waals surface area contributed by atoms with E-state index in [2.05, 4.69) is 29.9 Å². The van der Waals surface area contributed by atoms with E-state index < -0.39 is 43.7 Å². The Morgan fingerprint density at radius 2 is 1.90 bits per heavy atom. The molecule has 0 bridgehead atoms. The summed E-state index contributed by atoms with van der Waals surface area (Å²) in [4.78, 5) is 37.0. The lowest BCUT2D eigenvalue weighted by Gasteiger charge is -2.37. The molecular formula is C34H47N5O8Si. The van der Waals surface area contributed by atoms with Gasteiger partial charge in [-0.3, -0.25) is 4.79 Å². The number of amides is 2. The van der Waals surface area contributed by atoms with E-state index in [1.54, 1.807) is 0 Å². The first-order chi connectivity index (χ1) is 22.7. The topological polar surface area (TPSA) is 158 Å². The molecule has 0 radical (unpaired) electrons. The number of likely N-dealkylation sites (tertiary alicyclic amines) is 1. The highest BCUT2D eigenvalue weighted by Gasteiger charge is 2.50. The van der Waals surface area contributed by atoms with E-state index >= 15 is 0 Å². The molecular weight excluding hydrogens is 634 g/mol. The van der Waals surface area contributed by atoms with Crippen LogP contribution < -0.4 is 19.5 Å². The highest BCUT2D eigenvalue weighted by atomic mass is 28.3. The third-order valence-corrected chi connectivity index (χ3v) is 11.1. The number of rotatable bonds is 11. The van der Waals surface area contributed by atoms with Crippen LogP contribution in [0.5, 0.6) is 17.2 Å². The lowest BCUT2D eigenvalue weighted by Crippen LogP contribution is -2.54. The minimum absolute atomic E-state index is 0.0577. The second kappa shape index (κ2) is 12.9. The zero-order valence-electron chi connectivity index (χ0n) is 28.8. The van der Waals surface area contributed by atoms with Gasteiger partial charge in [0.15, 0.2) is 11.5 Å². The van der Waals surface area contributed by atoms with Gasteiger partial charge in [-0.15, -0.1) is 0 Å². The van der Waals surface area contributed by atoms with Crippen molar-refractivity contribution in [3.8, 4) is 28.5 Å². The number of carboxylic acid groups (broad SMARTS) is 1. The number of hydrogen-bond acceptors (Lipinski definition) is 9. The van der Waals surface area contributed by atoms with Crippen molar-refractivity contribution in [1.82, 2.24) is 24.8 Å². The molecule has 260 valence electrons. The zero-order valence-corrected chi connectivity index (χ0v) is 29.8. The Morgan fingerprint density at radius 3 is 2.56 bits per heavy atom. The van der Waals surface area contributed by atoms with Crippen LogP contribution in [0.25, 0.3) is 22.3 Å². The summed E-state index contributed by atoms with van der Waals surface area (Å²) < 4.78 is 26.2. The number of fused-ring (bicyclic) bond motifs is 2. The molecule has 2 aliphatic heterocycles. The smallest absolute Gasteiger partial charge is 0.407 e. The first-order valence-corrected chi connectivity index (χ1v) is 20.3. The largest absolute Gasteiger partial charge is 0.492 e. The van der Waals surface area contributed by atoms with Crippen molar-refractivity contribution in [2.24, 2.45) is 11.3 Å². The molecule has 2 fully saturated rings. The Morgan fingerprint density at radius 1 is 1.15 bits per heavy atom. The predicted molar refractivity (Wildman–Crippen MR) is 181 cm³/mol. The maximum atomic E-state index is 14.3. The van der Waals surface area contributed by atoms with Crippen molar-refractivity contribution in [3.05, 3.63) is 29.7 Å². The Hall–Kier alpha value is -3.88. The number of ether oxygens (including phenoxy) is 4. The Labute approximate surface area is 281 Å². The summed E-state index contributed by atoms with van der Waals surface area (Å²) in [6.45, 7) is 15.6. The van der Waals surface area contributed by atoms with Gasteiger partial charge in [0.1, 0.15) is 30.0 Å². The lowest BCUT2D eigenvalue weighted by molar-refractivity contribution is 0.0780. The molecule has 1 aliphatic carbocycles. The molecule has 48 heavy (non-hydrogen) atoms. The summed E-state index contributed by atoms with van der Waals surface area (Å²) in [5.74, 6) is 1.71. The molecule has 4 heterocycles. The minimum Gasteiger partial charge on any atom is -0.492 e. The van der Waals surface area contributed by atoms with E-state index in [1.807, 2.05) is 44.4 Å². The number of β-amino-alcohol motifs (C(OH)–C–C–N with tert-alkyl or cyclic N) is 1. The Kier molecular flexibility index (Phi) is 9.11. The number of hydrogen-bond donors (Lipinski definition) is 3. The average molecular weight is 682 g/mol. The molecule has 3 aromatic rings. The van der Waals surface area contributed by atoms with Crippen LogP contribution in [0, 0.1) is 18.3 Å². The van der Waals surface area contributed by atoms with E-state index in [4.69, 9.17) is 23.9 Å². The van der Waals surface area contributed by atoms with Crippen LogP contribution in [-0.2, 0) is 11.5 Å². The SMILES string of the molecule is Cc1c(C(=O)N[C@@H]2C(C(C)(C)C)N(C(=O)O)C[C@H]2O)c2ncnc(-c3c(OCC4CC4)ccc4c3OCO4)c2n1COCC[Si](C)(C)C. The maximum Gasteiger partial charge on any atom is 0.407 e. The first kappa shape index (κ1) is 34.0. The molecule has 13 nitrogen and oxygen atoms in total. The van der Waals surface area contributed by atoms with Gasteiger partial charge in [-0.25, -0.2) is 14.8 Å². The van der Waals surface area contributed by atoms with E-state index in [9.17, 15) is 19.8 Å². The molecule has 0 spiro atoms. The lowest BCUT2D eigenvalue weighted by atomic mass is 9.82. The van der Waals surface area contributed by atoms with E-state index in [0.717, 1.165) is 18.9 Å². The van der Waals surface area contributed by atoms with Gasteiger partial charge in [0.05, 0.1) is 48.0 Å². The number of benzene rings is 1. The van der Waals surface area contributed by atoms with Crippen molar-refractivity contribution in [2.45, 2.75) is 91.1 Å². The normalized spacial score (nSPS) is 20.8. The van der Waals surface area contributed by atoms with Gasteiger partial charge >= 0.3 is 6.09 Å². The van der Waals surface area contributed by atoms with Crippen molar-refractivity contribution in [1.29, 1.82) is 0 Å². The molecule has 2 amide bonds. The molecule has 1 aromatic carbocycles. The summed E-state index contributed by atoms with van der Waals surface area (Å²) in [5.41, 5.74) is 2.40. The van der Waals surface area contributed by atoms with Crippen molar-refractivity contribution < 1.29 is 38.7 Å². The van der Waals surface area contributed by atoms with Crippen LogP contribution in [0.1, 0.15) is 49.7 Å². The quantitative estimate of drug-likeness (QED) is 0.184. The molecule has 14 heteroatoms. The van der Waals surface area contributed by atoms with Gasteiger partial charge in [0, 0.05) is 20.4 Å². The minimum atomic E-state index is -1.37. The number of carbonyl (C=O) groups is 2. The van der Waals surface area contributed by atoms with E-state index in [1.165, 1.54) is 11.2 Å². The number of aliphatic hydroxyl groups excluding tert-OH is 1. The van der Waals surface area contributed by atoms with Gasteiger partial charge in [0.2, 0.25) is 6.79 Å². The van der Waals surface area contributed by atoms with Crippen molar-refractivity contribution >= 4 is 31.1 Å². The van der Waals surface area contributed by atoms with E-state index in [-0.39, 0.29) is 20.1 Å². The summed E-state index contributed by atoms with van der Waals surface area (Å²) in [6, 6.07) is 3.15. The van der Waals surface area contributed by atoms with Gasteiger partial charge in [-0.1, -0.05) is 40.4 Å². The summed E-state index contributed by atoms with van der Waals surface area (Å²) in [6.07, 6.45) is 1.44. The third kappa shape index (κ3) is 6.70. The standard InChI is InChI=1S/C34H47N5O8Si/c1-19-24(32(41)37-26-21(40)14-38(33(42)43)31(26)34(2,3)4)27-29(39(19)17-44-12-13-48(5,6)7)28(36-16-35-27)25-22(45-15-20-8-9-20)10-11-23-30(25)47-18-46-23/h10-11,16,20-21,26,31,40H,8-9,12-15,17-18H2,1-7H3,(H,37,41)(H,42,43)/t21-,26+,31?/m1/s1. The summed E-state index contributed by atoms with van der Waals surface area (Å²) >= 11 is 0. The molecule has 3 N–H and O–H groups in total. The number of aliphatic hydroxyl groups is 1. The van der Waals surface area contributed by atoms with Crippen LogP contribution >= 0.6 is 0 Å². The predicted octanol–water partition coefficient (Wildman–Crippen LogP) is 5.10. The zero-order chi connectivity index (χ0) is 34.5. The molecule has 1 saturated heterocycles. The maximum absolute atomic E-state index is 14.3. The fourth-order valence-electron chi connectivity index (χ4n) is 6.67. The van der Waals surface area contributed by atoms with Crippen molar-refractivity contribution in [3.63, 3.8) is 0 Å². The van der Waals surface area contributed by atoms with Gasteiger partial charge in [-0.05, 0) is 49.3 Å². The van der Waals surface area contributed by atoms with E-state index in [0.29, 0.717) is 69.9 Å². The van der Waals surface area contributed by atoms with Crippen LogP contribution in [-0.4, -0.2) is 94.5 Å². The number of nitrogens with one attached hydrogen (secondary N) is 1. The molecule has 1 saturated carbocycles. The highest BCUT2D eigenvalue weighted by Crippen LogP contribution is 2.49. The molecule has 2 aromatic heterocycles. The number of carbonyl (C=O) groups excluding carboxylic acids is 1. The van der Waals surface area contributed by atoms with Crippen LogP contribution in [0.15, 0.2) is 18.5 Å². The first-order valence-electron chi connectivity index (χ1n) is 16.6. The average Bonchev–Trinajstić information content (AvgIpc) is 3.47. The van der Waals surface area contributed by atoms with Crippen LogP contribution in [0.3, 0.4) is 0 Å². The highest BCUT2D eigenvalue weighted by molar-refractivity contribution is 6.76. The molecule has 3 atom stereocenters. The number of nitrogens with zero attached hydrogens (tertiary/aromatic N) is 4. The van der Waals surface area contributed by atoms with Crippen LogP contribution in [0.4, 0.5) is 4.79 Å². The second-order valence-corrected chi connectivity index (χ2v) is 21.0. The third-order valence-electron chi connectivity index (χ3n) is 9.35. The molecule has 3 aliphatic rings. The summed E-state index contributed by atoms with van der Waals surface area (Å²) in [7, 11) is -1.37.